The number of ether oxygens (including phenoxy) is 1. The maximum absolute atomic E-state index is 11.7. The smallest absolute Gasteiger partial charge is 0.329 e. The van der Waals surface area contributed by atoms with Crippen molar-refractivity contribution >= 4 is 17.9 Å². The monoisotopic (exact) mass is 287 g/mol. The van der Waals surface area contributed by atoms with Gasteiger partial charge in [-0.05, 0) is 26.2 Å². The molecule has 1 atom stereocenters. The Hall–Kier alpha value is -1.83. The molecular weight excluding hydrogens is 266 g/mol. The van der Waals surface area contributed by atoms with E-state index in [4.69, 9.17) is 9.84 Å². The molecule has 0 aromatic heterocycles. The Bertz CT molecular complexity index is 381. The lowest BCUT2D eigenvalue weighted by Gasteiger charge is -2.38. The van der Waals surface area contributed by atoms with Crippen LogP contribution in [0.2, 0.25) is 0 Å². The molecule has 0 spiro atoms. The van der Waals surface area contributed by atoms with Crippen LogP contribution in [0.3, 0.4) is 0 Å². The van der Waals surface area contributed by atoms with E-state index in [0.29, 0.717) is 26.0 Å². The van der Waals surface area contributed by atoms with Crippen molar-refractivity contribution in [2.45, 2.75) is 37.8 Å². The van der Waals surface area contributed by atoms with Gasteiger partial charge in [0.05, 0.1) is 6.61 Å². The zero-order chi connectivity index (χ0) is 15.2. The van der Waals surface area contributed by atoms with Crippen molar-refractivity contribution in [1.29, 1.82) is 0 Å². The number of aliphatic carboxylic acids is 1. The van der Waals surface area contributed by atoms with E-state index in [-0.39, 0.29) is 5.91 Å². The van der Waals surface area contributed by atoms with Crippen molar-refractivity contribution in [1.82, 2.24) is 16.0 Å². The minimum Gasteiger partial charge on any atom is -0.480 e. The molecule has 0 aromatic rings. The van der Waals surface area contributed by atoms with Crippen molar-refractivity contribution in [2.24, 2.45) is 0 Å². The molecule has 1 unspecified atom stereocenters. The summed E-state index contributed by atoms with van der Waals surface area (Å²) >= 11 is 0. The molecule has 114 valence electrons. The van der Waals surface area contributed by atoms with Gasteiger partial charge in [-0.1, -0.05) is 0 Å². The molecule has 0 bridgehead atoms. The number of urea groups is 1. The molecule has 0 heterocycles. The highest BCUT2D eigenvalue weighted by molar-refractivity contribution is 5.90. The first-order valence-corrected chi connectivity index (χ1v) is 6.50. The quantitative estimate of drug-likeness (QED) is 0.468. The van der Waals surface area contributed by atoms with E-state index in [1.807, 2.05) is 0 Å². The predicted octanol–water partition coefficient (Wildman–Crippen LogP) is -0.556. The van der Waals surface area contributed by atoms with Gasteiger partial charge in [0.1, 0.15) is 11.6 Å². The van der Waals surface area contributed by atoms with Gasteiger partial charge in [-0.2, -0.15) is 0 Å². The zero-order valence-electron chi connectivity index (χ0n) is 11.7. The predicted molar refractivity (Wildman–Crippen MR) is 70.2 cm³/mol. The van der Waals surface area contributed by atoms with E-state index < -0.39 is 23.6 Å². The fourth-order valence-corrected chi connectivity index (χ4v) is 1.87. The number of hydrogen-bond acceptors (Lipinski definition) is 4. The molecule has 8 heteroatoms. The van der Waals surface area contributed by atoms with Gasteiger partial charge < -0.3 is 25.8 Å². The minimum absolute atomic E-state index is 0.349. The van der Waals surface area contributed by atoms with Crippen molar-refractivity contribution in [3.63, 3.8) is 0 Å². The Morgan fingerprint density at radius 3 is 2.45 bits per heavy atom. The number of methoxy groups -OCH3 is 1. The third-order valence-electron chi connectivity index (χ3n) is 3.32. The summed E-state index contributed by atoms with van der Waals surface area (Å²) in [6, 6.07) is -1.40. The van der Waals surface area contributed by atoms with Crippen molar-refractivity contribution in [3.8, 4) is 0 Å². The Morgan fingerprint density at radius 1 is 1.35 bits per heavy atom. The van der Waals surface area contributed by atoms with Gasteiger partial charge in [0.2, 0.25) is 5.91 Å². The highest BCUT2D eigenvalue weighted by Gasteiger charge is 2.45. The molecule has 1 rings (SSSR count). The van der Waals surface area contributed by atoms with Crippen LogP contribution < -0.4 is 16.0 Å². The van der Waals surface area contributed by atoms with Crippen molar-refractivity contribution < 1.29 is 24.2 Å². The molecule has 1 saturated carbocycles. The largest absolute Gasteiger partial charge is 0.480 e. The van der Waals surface area contributed by atoms with Gasteiger partial charge in [0, 0.05) is 13.7 Å². The van der Waals surface area contributed by atoms with E-state index in [1.165, 1.54) is 14.0 Å². The molecule has 0 radical (unpaired) electrons. The molecule has 1 fully saturated rings. The second kappa shape index (κ2) is 7.09. The maximum Gasteiger partial charge on any atom is 0.329 e. The van der Waals surface area contributed by atoms with Crippen LogP contribution in [-0.4, -0.2) is 54.9 Å². The van der Waals surface area contributed by atoms with E-state index in [9.17, 15) is 14.4 Å². The fourth-order valence-electron chi connectivity index (χ4n) is 1.87. The number of nitrogens with one attached hydrogen (secondary N) is 3. The molecule has 1 aliphatic rings. The second-order valence-corrected chi connectivity index (χ2v) is 4.84. The first-order chi connectivity index (χ1) is 9.41. The minimum atomic E-state index is -1.18. The molecule has 8 nitrogen and oxygen atoms in total. The van der Waals surface area contributed by atoms with Gasteiger partial charge in [-0.15, -0.1) is 0 Å². The third-order valence-corrected chi connectivity index (χ3v) is 3.32. The third kappa shape index (κ3) is 4.09. The average molecular weight is 287 g/mol. The summed E-state index contributed by atoms with van der Waals surface area (Å²) in [6.07, 6.45) is 1.58. The van der Waals surface area contributed by atoms with Crippen LogP contribution in [0.25, 0.3) is 0 Å². The average Bonchev–Trinajstić information content (AvgIpc) is 2.33. The standard InChI is InChI=1S/C12H21N3O5/c1-8(9(16)13-6-7-20-2)14-11(19)15-12(10(17)18)4-3-5-12/h8H,3-7H2,1-2H3,(H,13,16)(H,17,18)(H2,14,15,19). The highest BCUT2D eigenvalue weighted by atomic mass is 16.5. The Balaban J connectivity index is 2.37. The molecule has 0 aliphatic heterocycles. The van der Waals surface area contributed by atoms with Crippen LogP contribution in [0.5, 0.6) is 0 Å². The Labute approximate surface area is 117 Å². The SMILES string of the molecule is COCCNC(=O)C(C)NC(=O)NC1(C(=O)O)CCC1. The van der Waals surface area contributed by atoms with E-state index >= 15 is 0 Å². The molecular formula is C12H21N3O5. The lowest BCUT2D eigenvalue weighted by molar-refractivity contribution is -0.148. The van der Waals surface area contributed by atoms with Crippen LogP contribution in [0.4, 0.5) is 4.79 Å². The molecule has 0 saturated heterocycles. The summed E-state index contributed by atoms with van der Waals surface area (Å²) in [5.41, 5.74) is -1.18. The normalized spacial score (nSPS) is 17.5. The Morgan fingerprint density at radius 2 is 2.00 bits per heavy atom. The first-order valence-electron chi connectivity index (χ1n) is 6.50. The molecule has 3 amide bonds. The van der Waals surface area contributed by atoms with Gasteiger partial charge in [0.15, 0.2) is 0 Å². The first kappa shape index (κ1) is 16.2. The molecule has 0 aromatic carbocycles. The summed E-state index contributed by atoms with van der Waals surface area (Å²) in [6.45, 7) is 2.25. The van der Waals surface area contributed by atoms with Crippen LogP contribution in [0.15, 0.2) is 0 Å². The maximum atomic E-state index is 11.7. The van der Waals surface area contributed by atoms with Gasteiger partial charge in [-0.25, -0.2) is 9.59 Å². The van der Waals surface area contributed by atoms with Gasteiger partial charge in [0.25, 0.3) is 0 Å². The highest BCUT2D eigenvalue weighted by Crippen LogP contribution is 2.31. The van der Waals surface area contributed by atoms with E-state index in [1.54, 1.807) is 0 Å². The number of carbonyl (C=O) groups excluding carboxylic acids is 2. The molecule has 1 aliphatic carbocycles. The number of rotatable bonds is 7. The van der Waals surface area contributed by atoms with Crippen LogP contribution in [-0.2, 0) is 14.3 Å². The molecule has 20 heavy (non-hydrogen) atoms. The van der Waals surface area contributed by atoms with Gasteiger partial charge >= 0.3 is 12.0 Å². The number of hydrogen-bond donors (Lipinski definition) is 4. The van der Waals surface area contributed by atoms with Crippen molar-refractivity contribution in [3.05, 3.63) is 0 Å². The summed E-state index contributed by atoms with van der Waals surface area (Å²) in [7, 11) is 1.52. The number of carbonyl (C=O) groups is 3. The van der Waals surface area contributed by atoms with Gasteiger partial charge in [-0.3, -0.25) is 4.79 Å². The summed E-state index contributed by atoms with van der Waals surface area (Å²) < 4.78 is 4.79. The van der Waals surface area contributed by atoms with Crippen LogP contribution in [0.1, 0.15) is 26.2 Å². The zero-order valence-corrected chi connectivity index (χ0v) is 11.7. The van der Waals surface area contributed by atoms with E-state index in [0.717, 1.165) is 6.42 Å². The lowest BCUT2D eigenvalue weighted by atomic mass is 9.77. The Kier molecular flexibility index (Phi) is 5.75. The topological polar surface area (TPSA) is 117 Å². The van der Waals surface area contributed by atoms with Crippen molar-refractivity contribution in [2.75, 3.05) is 20.3 Å². The fraction of sp³-hybridized carbons (Fsp3) is 0.750. The summed E-state index contributed by atoms with van der Waals surface area (Å²) in [5, 5.41) is 16.5. The van der Waals surface area contributed by atoms with Crippen LogP contribution >= 0.6 is 0 Å². The molecule has 4 N–H and O–H groups in total. The lowest BCUT2D eigenvalue weighted by Crippen LogP contribution is -2.62. The number of amides is 3. The summed E-state index contributed by atoms with van der Waals surface area (Å²) in [4.78, 5) is 34.4. The summed E-state index contributed by atoms with van der Waals surface area (Å²) in [5.74, 6) is -1.40. The number of carboxylic acids is 1. The second-order valence-electron chi connectivity index (χ2n) is 4.84. The van der Waals surface area contributed by atoms with Crippen LogP contribution in [0, 0.1) is 0 Å². The van der Waals surface area contributed by atoms with E-state index in [2.05, 4.69) is 16.0 Å². The number of carboxylic acid groups (broad SMARTS) is 1.